The highest BCUT2D eigenvalue weighted by Gasteiger charge is 2.06. The first-order valence-electron chi connectivity index (χ1n) is 7.77. The van der Waals surface area contributed by atoms with Crippen molar-refractivity contribution < 1.29 is 9.47 Å². The molecule has 132 valence electrons. The fourth-order valence-corrected chi connectivity index (χ4v) is 3.72. The number of thioether (sulfide) groups is 1. The van der Waals surface area contributed by atoms with Gasteiger partial charge in [0.05, 0.1) is 25.3 Å². The summed E-state index contributed by atoms with van der Waals surface area (Å²) in [4.78, 5) is 0. The zero-order chi connectivity index (χ0) is 18.2. The summed E-state index contributed by atoms with van der Waals surface area (Å²) in [6.45, 7) is 0.550. The van der Waals surface area contributed by atoms with Crippen molar-refractivity contribution in [1.29, 1.82) is 5.26 Å². The van der Waals surface area contributed by atoms with E-state index in [9.17, 15) is 0 Å². The second-order valence-corrected chi connectivity index (χ2v) is 7.38. The average Bonchev–Trinajstić information content (AvgIpc) is 3.13. The molecule has 1 heterocycles. The summed E-state index contributed by atoms with van der Waals surface area (Å²) in [5, 5.41) is 21.0. The van der Waals surface area contributed by atoms with Crippen LogP contribution in [0.1, 0.15) is 5.56 Å². The number of methoxy groups -OCH3 is 1. The molecule has 0 aliphatic rings. The molecule has 0 fully saturated rings. The standard InChI is InChI=1S/C18H16N4O2S2/c1-23-16-4-2-3-14(11-16)20-17-21-22-18(26-17)25-10-9-24-15-7-5-13(12-19)6-8-15/h2-8,11H,9-10H2,1H3,(H,20,21). The topological polar surface area (TPSA) is 80.1 Å². The molecule has 6 nitrogen and oxygen atoms in total. The van der Waals surface area contributed by atoms with Gasteiger partial charge in [0.2, 0.25) is 5.13 Å². The third-order valence-electron chi connectivity index (χ3n) is 3.29. The highest BCUT2D eigenvalue weighted by Crippen LogP contribution is 2.28. The Morgan fingerprint density at radius 3 is 2.77 bits per heavy atom. The molecule has 0 radical (unpaired) electrons. The minimum absolute atomic E-state index is 0.550. The Kier molecular flexibility index (Phi) is 6.30. The van der Waals surface area contributed by atoms with Crippen LogP contribution < -0.4 is 14.8 Å². The maximum absolute atomic E-state index is 8.77. The quantitative estimate of drug-likeness (QED) is 0.457. The maximum atomic E-state index is 8.77. The number of aromatic nitrogens is 2. The van der Waals surface area contributed by atoms with Crippen LogP contribution in [0.25, 0.3) is 0 Å². The Morgan fingerprint density at radius 2 is 2.00 bits per heavy atom. The van der Waals surface area contributed by atoms with Crippen LogP contribution in [0.15, 0.2) is 52.9 Å². The van der Waals surface area contributed by atoms with Gasteiger partial charge in [-0.05, 0) is 36.4 Å². The molecule has 2 aromatic carbocycles. The van der Waals surface area contributed by atoms with Gasteiger partial charge >= 0.3 is 0 Å². The van der Waals surface area contributed by atoms with Crippen LogP contribution in [0.4, 0.5) is 10.8 Å². The molecule has 8 heteroatoms. The van der Waals surface area contributed by atoms with Crippen molar-refractivity contribution in [3.8, 4) is 17.6 Å². The van der Waals surface area contributed by atoms with Crippen molar-refractivity contribution in [2.75, 3.05) is 24.8 Å². The third-order valence-corrected chi connectivity index (χ3v) is 5.22. The number of ether oxygens (including phenoxy) is 2. The third kappa shape index (κ3) is 5.12. The van der Waals surface area contributed by atoms with E-state index in [1.807, 2.05) is 24.3 Å². The van der Waals surface area contributed by atoms with Crippen LogP contribution in [-0.4, -0.2) is 29.7 Å². The normalized spacial score (nSPS) is 10.2. The fourth-order valence-electron chi connectivity index (χ4n) is 2.06. The van der Waals surface area contributed by atoms with Gasteiger partial charge in [0, 0.05) is 17.5 Å². The molecule has 26 heavy (non-hydrogen) atoms. The zero-order valence-corrected chi connectivity index (χ0v) is 15.6. The molecule has 0 amide bonds. The summed E-state index contributed by atoms with van der Waals surface area (Å²) in [7, 11) is 1.64. The van der Waals surface area contributed by atoms with Crippen LogP contribution in [0.3, 0.4) is 0 Å². The van der Waals surface area contributed by atoms with Crippen LogP contribution in [0, 0.1) is 11.3 Å². The second kappa shape index (κ2) is 9.08. The number of anilines is 2. The number of nitrogens with one attached hydrogen (secondary N) is 1. The van der Waals surface area contributed by atoms with Gasteiger partial charge in [-0.15, -0.1) is 10.2 Å². The number of benzene rings is 2. The molecule has 0 spiro atoms. The molecule has 0 atom stereocenters. The Labute approximate surface area is 159 Å². The van der Waals surface area contributed by atoms with Crippen molar-refractivity contribution in [1.82, 2.24) is 10.2 Å². The van der Waals surface area contributed by atoms with E-state index in [2.05, 4.69) is 21.6 Å². The molecule has 3 rings (SSSR count). The van der Waals surface area contributed by atoms with Crippen LogP contribution in [0.2, 0.25) is 0 Å². The van der Waals surface area contributed by atoms with Gasteiger partial charge in [-0.1, -0.05) is 29.2 Å². The summed E-state index contributed by atoms with van der Waals surface area (Å²) >= 11 is 3.08. The lowest BCUT2D eigenvalue weighted by Gasteiger charge is -2.04. The molecule has 0 saturated heterocycles. The Balaban J connectivity index is 1.45. The molecule has 0 aliphatic heterocycles. The van der Waals surface area contributed by atoms with Gasteiger partial charge in [0.15, 0.2) is 4.34 Å². The van der Waals surface area contributed by atoms with E-state index >= 15 is 0 Å². The van der Waals surface area contributed by atoms with Gasteiger partial charge in [0.25, 0.3) is 0 Å². The largest absolute Gasteiger partial charge is 0.497 e. The second-order valence-electron chi connectivity index (χ2n) is 5.06. The van der Waals surface area contributed by atoms with E-state index in [-0.39, 0.29) is 0 Å². The van der Waals surface area contributed by atoms with E-state index in [4.69, 9.17) is 14.7 Å². The molecule has 0 aliphatic carbocycles. The zero-order valence-electron chi connectivity index (χ0n) is 14.0. The molecule has 1 N–H and O–H groups in total. The summed E-state index contributed by atoms with van der Waals surface area (Å²) in [6.07, 6.45) is 0. The van der Waals surface area contributed by atoms with Crippen molar-refractivity contribution >= 4 is 33.9 Å². The Hall–Kier alpha value is -2.76. The van der Waals surface area contributed by atoms with Crippen molar-refractivity contribution in [3.63, 3.8) is 0 Å². The predicted molar refractivity (Wildman–Crippen MR) is 104 cm³/mol. The summed E-state index contributed by atoms with van der Waals surface area (Å²) in [5.41, 5.74) is 1.53. The molecular weight excluding hydrogens is 368 g/mol. The number of rotatable bonds is 8. The fraction of sp³-hybridized carbons (Fsp3) is 0.167. The lowest BCUT2D eigenvalue weighted by molar-refractivity contribution is 0.344. The molecular formula is C18H16N4O2S2. The molecule has 0 saturated carbocycles. The van der Waals surface area contributed by atoms with Gasteiger partial charge in [-0.2, -0.15) is 5.26 Å². The average molecular weight is 384 g/mol. The predicted octanol–water partition coefficient (Wildman–Crippen LogP) is 4.33. The van der Waals surface area contributed by atoms with E-state index in [0.29, 0.717) is 12.2 Å². The SMILES string of the molecule is COc1cccc(Nc2nnc(SCCOc3ccc(C#N)cc3)s2)c1. The summed E-state index contributed by atoms with van der Waals surface area (Å²) < 4.78 is 11.7. The first-order chi connectivity index (χ1) is 12.8. The van der Waals surface area contributed by atoms with Crippen LogP contribution >= 0.6 is 23.1 Å². The van der Waals surface area contributed by atoms with E-state index < -0.39 is 0 Å². The first kappa shape index (κ1) is 18.0. The van der Waals surface area contributed by atoms with E-state index in [1.54, 1.807) is 43.1 Å². The van der Waals surface area contributed by atoms with Crippen LogP contribution in [0.5, 0.6) is 11.5 Å². The molecule has 0 unspecified atom stereocenters. The highest BCUT2D eigenvalue weighted by atomic mass is 32.2. The van der Waals surface area contributed by atoms with Gasteiger partial charge in [-0.25, -0.2) is 0 Å². The highest BCUT2D eigenvalue weighted by molar-refractivity contribution is 8.01. The minimum atomic E-state index is 0.550. The lowest BCUT2D eigenvalue weighted by atomic mass is 10.2. The number of nitriles is 1. The number of hydrogen-bond donors (Lipinski definition) is 1. The number of nitrogens with zero attached hydrogens (tertiary/aromatic N) is 3. The number of hydrogen-bond acceptors (Lipinski definition) is 8. The lowest BCUT2D eigenvalue weighted by Crippen LogP contribution is -1.99. The summed E-state index contributed by atoms with van der Waals surface area (Å²) in [6, 6.07) is 16.8. The first-order valence-corrected chi connectivity index (χ1v) is 9.57. The van der Waals surface area contributed by atoms with E-state index in [0.717, 1.165) is 32.4 Å². The Bertz CT molecular complexity index is 891. The smallest absolute Gasteiger partial charge is 0.210 e. The van der Waals surface area contributed by atoms with E-state index in [1.165, 1.54) is 11.3 Å². The minimum Gasteiger partial charge on any atom is -0.497 e. The maximum Gasteiger partial charge on any atom is 0.210 e. The monoisotopic (exact) mass is 384 g/mol. The van der Waals surface area contributed by atoms with Gasteiger partial charge < -0.3 is 14.8 Å². The molecule has 3 aromatic rings. The molecule has 1 aromatic heterocycles. The Morgan fingerprint density at radius 1 is 1.15 bits per heavy atom. The summed E-state index contributed by atoms with van der Waals surface area (Å²) in [5.74, 6) is 2.30. The van der Waals surface area contributed by atoms with Crippen molar-refractivity contribution in [2.45, 2.75) is 4.34 Å². The van der Waals surface area contributed by atoms with Gasteiger partial charge in [-0.3, -0.25) is 0 Å². The van der Waals surface area contributed by atoms with Gasteiger partial charge in [0.1, 0.15) is 11.5 Å². The molecule has 0 bridgehead atoms. The van der Waals surface area contributed by atoms with Crippen molar-refractivity contribution in [3.05, 3.63) is 54.1 Å². The van der Waals surface area contributed by atoms with Crippen LogP contribution in [-0.2, 0) is 0 Å². The van der Waals surface area contributed by atoms with Crippen molar-refractivity contribution in [2.24, 2.45) is 0 Å².